The standard InChI is InChI=1S/C27H29N2S/c1-5-28-17-16-22(23-13-10-11-14-24(23)28)12-8-7-9-15-27-29(6-2)25-18-20(3)21(4)19-26(25)30-27/h7-19H,5-6H2,1-4H3/q+1. The molecule has 0 radical (unpaired) electrons. The van der Waals surface area contributed by atoms with Crippen LogP contribution in [0.2, 0.25) is 0 Å². The van der Waals surface area contributed by atoms with E-state index in [1.165, 1.54) is 43.2 Å². The van der Waals surface area contributed by atoms with E-state index in [9.17, 15) is 0 Å². The summed E-state index contributed by atoms with van der Waals surface area (Å²) >= 11 is 1.86. The molecular formula is C27H29N2S+. The van der Waals surface area contributed by atoms with Crippen molar-refractivity contribution >= 4 is 34.4 Å². The van der Waals surface area contributed by atoms with Crippen LogP contribution in [0.15, 0.2) is 82.9 Å². The second-order valence-corrected chi connectivity index (χ2v) is 8.64. The highest BCUT2D eigenvalue weighted by atomic mass is 32.2. The van der Waals surface area contributed by atoms with Crippen LogP contribution in [0.4, 0.5) is 5.69 Å². The van der Waals surface area contributed by atoms with Crippen molar-refractivity contribution in [3.05, 3.63) is 94.7 Å². The lowest BCUT2D eigenvalue weighted by Gasteiger charge is -2.18. The van der Waals surface area contributed by atoms with E-state index < -0.39 is 0 Å². The summed E-state index contributed by atoms with van der Waals surface area (Å²) in [6.07, 6.45) is 13.0. The molecule has 3 aromatic rings. The monoisotopic (exact) mass is 413 g/mol. The van der Waals surface area contributed by atoms with Gasteiger partial charge in [-0.25, -0.2) is 0 Å². The van der Waals surface area contributed by atoms with E-state index in [0.29, 0.717) is 0 Å². The number of hydrogen-bond donors (Lipinski definition) is 0. The highest BCUT2D eigenvalue weighted by Crippen LogP contribution is 2.46. The van der Waals surface area contributed by atoms with Gasteiger partial charge in [0.1, 0.15) is 6.54 Å². The van der Waals surface area contributed by atoms with Crippen LogP contribution in [0.5, 0.6) is 0 Å². The van der Waals surface area contributed by atoms with Crippen molar-refractivity contribution in [3.8, 4) is 0 Å². The first-order valence-electron chi connectivity index (χ1n) is 10.6. The molecule has 0 saturated carbocycles. The first kappa shape index (κ1) is 20.5. The molecule has 2 heterocycles. The third-order valence-electron chi connectivity index (χ3n) is 5.70. The largest absolute Gasteiger partial charge is 0.335 e. The molecule has 1 aliphatic rings. The van der Waals surface area contributed by atoms with Crippen LogP contribution in [0.3, 0.4) is 0 Å². The Morgan fingerprint density at radius 1 is 0.967 bits per heavy atom. The highest BCUT2D eigenvalue weighted by molar-refractivity contribution is 8.03. The Balaban J connectivity index is 1.54. The van der Waals surface area contributed by atoms with E-state index in [0.717, 1.165) is 13.1 Å². The average Bonchev–Trinajstić information content (AvgIpc) is 3.09. The molecule has 0 N–H and O–H groups in total. The summed E-state index contributed by atoms with van der Waals surface area (Å²) < 4.78 is 2.28. The number of anilines is 1. The summed E-state index contributed by atoms with van der Waals surface area (Å²) in [5.41, 5.74) is 6.57. The third-order valence-corrected chi connectivity index (χ3v) is 6.81. The average molecular weight is 414 g/mol. The smallest absolute Gasteiger partial charge is 0.213 e. The van der Waals surface area contributed by atoms with Gasteiger partial charge >= 0.3 is 0 Å². The van der Waals surface area contributed by atoms with Crippen LogP contribution in [-0.2, 0) is 6.54 Å². The Kier molecular flexibility index (Phi) is 6.10. The zero-order valence-corrected chi connectivity index (χ0v) is 19.0. The fourth-order valence-electron chi connectivity index (χ4n) is 3.89. The second kappa shape index (κ2) is 8.93. The van der Waals surface area contributed by atoms with Crippen molar-refractivity contribution in [2.24, 2.45) is 0 Å². The number of aryl methyl sites for hydroxylation is 3. The van der Waals surface area contributed by atoms with Crippen molar-refractivity contribution in [1.29, 1.82) is 0 Å². The van der Waals surface area contributed by atoms with Crippen LogP contribution in [0, 0.1) is 13.8 Å². The van der Waals surface area contributed by atoms with Crippen molar-refractivity contribution in [3.63, 3.8) is 0 Å². The van der Waals surface area contributed by atoms with Crippen LogP contribution in [0.25, 0.3) is 17.0 Å². The van der Waals surface area contributed by atoms with Gasteiger partial charge in [-0.15, -0.1) is 0 Å². The van der Waals surface area contributed by atoms with Gasteiger partial charge < -0.3 is 4.90 Å². The lowest BCUT2D eigenvalue weighted by Crippen LogP contribution is -2.32. The van der Waals surface area contributed by atoms with E-state index in [4.69, 9.17) is 0 Å². The molecule has 0 atom stereocenters. The Hall–Kier alpha value is -2.78. The maximum atomic E-state index is 2.40. The Morgan fingerprint density at radius 2 is 1.77 bits per heavy atom. The zero-order chi connectivity index (χ0) is 21.1. The van der Waals surface area contributed by atoms with Gasteiger partial charge in [0.05, 0.1) is 16.1 Å². The molecule has 1 aromatic heterocycles. The fourth-order valence-corrected chi connectivity index (χ4v) is 5.11. The van der Waals surface area contributed by atoms with Gasteiger partial charge in [-0.1, -0.05) is 48.2 Å². The third kappa shape index (κ3) is 3.95. The summed E-state index contributed by atoms with van der Waals surface area (Å²) in [5.74, 6) is 0. The Morgan fingerprint density at radius 3 is 2.57 bits per heavy atom. The fraction of sp³-hybridized carbons (Fsp3) is 0.222. The van der Waals surface area contributed by atoms with Crippen molar-refractivity contribution < 1.29 is 4.57 Å². The molecule has 0 amide bonds. The lowest BCUT2D eigenvalue weighted by atomic mass is 10.1. The molecule has 1 aliphatic heterocycles. The SMILES string of the molecule is CCN1C(=CC=CC=Cc2cc[n+](CC)c3ccccc23)Sc2cc(C)c(C)cc21. The van der Waals surface area contributed by atoms with Gasteiger partial charge in [0.25, 0.3) is 0 Å². The molecule has 0 bridgehead atoms. The molecule has 2 aromatic carbocycles. The Bertz CT molecular complexity index is 1170. The highest BCUT2D eigenvalue weighted by Gasteiger charge is 2.23. The van der Waals surface area contributed by atoms with Gasteiger partial charge in [0.15, 0.2) is 6.20 Å². The summed E-state index contributed by atoms with van der Waals surface area (Å²) in [6, 6.07) is 15.4. The molecular weight excluding hydrogens is 384 g/mol. The zero-order valence-electron chi connectivity index (χ0n) is 18.2. The summed E-state index contributed by atoms with van der Waals surface area (Å²) in [5, 5.41) is 2.57. The number of para-hydroxylation sites is 1. The topological polar surface area (TPSA) is 7.12 Å². The number of hydrogen-bond acceptors (Lipinski definition) is 2. The van der Waals surface area contributed by atoms with Crippen LogP contribution < -0.4 is 9.47 Å². The van der Waals surface area contributed by atoms with Crippen LogP contribution >= 0.6 is 11.8 Å². The van der Waals surface area contributed by atoms with E-state index >= 15 is 0 Å². The quantitative estimate of drug-likeness (QED) is 0.335. The van der Waals surface area contributed by atoms with Crippen LogP contribution in [0.1, 0.15) is 30.5 Å². The molecule has 0 saturated heterocycles. The van der Waals surface area contributed by atoms with Gasteiger partial charge in [-0.3, -0.25) is 0 Å². The molecule has 30 heavy (non-hydrogen) atoms. The van der Waals surface area contributed by atoms with E-state index in [1.807, 2.05) is 11.8 Å². The number of nitrogens with zero attached hydrogens (tertiary/aromatic N) is 2. The normalized spacial score (nSPS) is 15.2. The summed E-state index contributed by atoms with van der Waals surface area (Å²) in [6.45, 7) is 10.7. The van der Waals surface area contributed by atoms with Gasteiger partial charge in [-0.2, -0.15) is 4.57 Å². The number of pyridine rings is 1. The van der Waals surface area contributed by atoms with E-state index in [2.05, 4.69) is 116 Å². The minimum atomic E-state index is 0.977. The number of allylic oxidation sites excluding steroid dienone is 4. The molecule has 3 heteroatoms. The van der Waals surface area contributed by atoms with E-state index in [-0.39, 0.29) is 0 Å². The van der Waals surface area contributed by atoms with Crippen molar-refractivity contribution in [2.45, 2.75) is 39.1 Å². The first-order chi connectivity index (χ1) is 14.6. The van der Waals surface area contributed by atoms with Gasteiger partial charge in [-0.05, 0) is 68.7 Å². The van der Waals surface area contributed by atoms with Gasteiger partial charge in [0, 0.05) is 23.6 Å². The second-order valence-electron chi connectivity index (χ2n) is 7.57. The molecule has 0 unspecified atom stereocenters. The molecule has 0 fully saturated rings. The van der Waals surface area contributed by atoms with Gasteiger partial charge in [0.2, 0.25) is 5.52 Å². The summed E-state index contributed by atoms with van der Waals surface area (Å²) in [4.78, 5) is 3.75. The Labute approximate surface area is 184 Å². The number of aromatic nitrogens is 1. The maximum Gasteiger partial charge on any atom is 0.213 e. The number of thioether (sulfide) groups is 1. The lowest BCUT2D eigenvalue weighted by molar-refractivity contribution is -0.667. The summed E-state index contributed by atoms with van der Waals surface area (Å²) in [7, 11) is 0. The minimum absolute atomic E-state index is 0.977. The minimum Gasteiger partial charge on any atom is -0.335 e. The van der Waals surface area contributed by atoms with Crippen molar-refractivity contribution in [2.75, 3.05) is 11.4 Å². The molecule has 4 rings (SSSR count). The number of rotatable bonds is 5. The van der Waals surface area contributed by atoms with Crippen LogP contribution in [-0.4, -0.2) is 6.54 Å². The molecule has 152 valence electrons. The van der Waals surface area contributed by atoms with E-state index in [1.54, 1.807) is 0 Å². The first-order valence-corrected chi connectivity index (χ1v) is 11.5. The predicted octanol–water partition coefficient (Wildman–Crippen LogP) is 6.81. The number of benzene rings is 2. The number of fused-ring (bicyclic) bond motifs is 2. The molecule has 2 nitrogen and oxygen atoms in total. The predicted molar refractivity (Wildman–Crippen MR) is 131 cm³/mol. The molecule has 0 spiro atoms. The maximum absolute atomic E-state index is 2.40. The molecule has 0 aliphatic carbocycles. The van der Waals surface area contributed by atoms with Crippen molar-refractivity contribution in [1.82, 2.24) is 0 Å².